The number of urea groups is 1. The molecule has 1 fully saturated rings. The van der Waals surface area contributed by atoms with Gasteiger partial charge < -0.3 is 19.4 Å². The smallest absolute Gasteiger partial charge is 0.406 e. The molecule has 1 saturated heterocycles. The maximum Gasteiger partial charge on any atom is 0.573 e. The molecule has 1 N–H and O–H groups in total. The van der Waals surface area contributed by atoms with Gasteiger partial charge in [0.15, 0.2) is 0 Å². The van der Waals surface area contributed by atoms with Gasteiger partial charge in [-0.3, -0.25) is 4.79 Å². The van der Waals surface area contributed by atoms with Crippen LogP contribution in [0.1, 0.15) is 23.4 Å². The van der Waals surface area contributed by atoms with Gasteiger partial charge in [0.25, 0.3) is 0 Å². The lowest BCUT2D eigenvalue weighted by atomic mass is 10.1. The minimum atomic E-state index is -4.73. The van der Waals surface area contributed by atoms with Crippen LogP contribution in [0, 0.1) is 5.92 Å². The van der Waals surface area contributed by atoms with Crippen molar-refractivity contribution in [1.82, 2.24) is 30.1 Å². The number of ether oxygens (including phenoxy) is 1. The number of amides is 3. The summed E-state index contributed by atoms with van der Waals surface area (Å²) in [5, 5.41) is 10.8. The summed E-state index contributed by atoms with van der Waals surface area (Å²) in [5.41, 5.74) is 3.52. The Bertz CT molecular complexity index is 1110. The van der Waals surface area contributed by atoms with E-state index < -0.39 is 6.36 Å². The zero-order valence-corrected chi connectivity index (χ0v) is 18.2. The molecule has 3 aliphatic heterocycles. The maximum atomic E-state index is 12.9. The number of fused-ring (bicyclic) bond motifs is 2. The van der Waals surface area contributed by atoms with Crippen LogP contribution < -0.4 is 4.74 Å². The summed E-state index contributed by atoms with van der Waals surface area (Å²) in [6, 6.07) is 5.49. The van der Waals surface area contributed by atoms with Crippen LogP contribution in [-0.4, -0.2) is 74.6 Å². The largest absolute Gasteiger partial charge is 0.573 e. The zero-order valence-electron chi connectivity index (χ0n) is 18.2. The Morgan fingerprint density at radius 2 is 1.82 bits per heavy atom. The molecule has 0 spiro atoms. The van der Waals surface area contributed by atoms with Crippen molar-refractivity contribution in [1.29, 1.82) is 0 Å². The van der Waals surface area contributed by atoms with Gasteiger partial charge in [0.2, 0.25) is 5.91 Å². The predicted octanol–water partition coefficient (Wildman–Crippen LogP) is 2.47. The number of halogens is 3. The van der Waals surface area contributed by atoms with Crippen molar-refractivity contribution < 1.29 is 27.5 Å². The molecule has 1 atom stereocenters. The third kappa shape index (κ3) is 4.70. The van der Waals surface area contributed by atoms with Crippen molar-refractivity contribution in [2.45, 2.75) is 32.2 Å². The highest BCUT2D eigenvalue weighted by molar-refractivity contribution is 5.79. The van der Waals surface area contributed by atoms with Gasteiger partial charge >= 0.3 is 12.4 Å². The molecule has 1 aromatic heterocycles. The molecule has 180 valence electrons. The number of nitrogens with zero attached hydrogens (tertiary/aromatic N) is 5. The summed E-state index contributed by atoms with van der Waals surface area (Å²) in [6.07, 6.45) is -1.51. The zero-order chi connectivity index (χ0) is 23.9. The van der Waals surface area contributed by atoms with E-state index in [0.717, 1.165) is 22.5 Å². The second-order valence-corrected chi connectivity index (χ2v) is 8.69. The number of aromatic amines is 1. The molecule has 12 heteroatoms. The Balaban J connectivity index is 1.11. The standard InChI is InChI=1S/C22H23F3N6O3/c23-22(24,25)34-17-4-1-14(2-5-17)3-6-20(32)30-9-15-11-31(12-16(15)10-30)21(33)29-8-7-18-19(13-29)27-28-26-18/h1-2,4-5,11,16H,3,6-10,12-13H2,(H,26,27,28)/t16-/m1/s1. The first-order valence-electron chi connectivity index (χ1n) is 11.0. The third-order valence-electron chi connectivity index (χ3n) is 6.39. The van der Waals surface area contributed by atoms with Crippen LogP contribution in [0.25, 0.3) is 0 Å². The van der Waals surface area contributed by atoms with Gasteiger partial charge in [-0.15, -0.1) is 13.2 Å². The van der Waals surface area contributed by atoms with Crippen LogP contribution in [0.15, 0.2) is 36.0 Å². The van der Waals surface area contributed by atoms with E-state index >= 15 is 0 Å². The number of carbonyl (C=O) groups is 2. The van der Waals surface area contributed by atoms with Crippen molar-refractivity contribution in [2.24, 2.45) is 5.92 Å². The number of alkyl halides is 3. The number of rotatable bonds is 4. The van der Waals surface area contributed by atoms with Gasteiger partial charge in [-0.1, -0.05) is 12.1 Å². The normalized spacial score (nSPS) is 19.7. The Morgan fingerprint density at radius 1 is 1.06 bits per heavy atom. The summed E-state index contributed by atoms with van der Waals surface area (Å²) in [6.45, 7) is 2.61. The second kappa shape index (κ2) is 8.65. The van der Waals surface area contributed by atoms with E-state index in [1.54, 1.807) is 14.7 Å². The Morgan fingerprint density at radius 3 is 2.56 bits per heavy atom. The second-order valence-electron chi connectivity index (χ2n) is 8.69. The number of hydrogen-bond acceptors (Lipinski definition) is 5. The van der Waals surface area contributed by atoms with Crippen LogP contribution in [-0.2, 0) is 24.2 Å². The van der Waals surface area contributed by atoms with Gasteiger partial charge in [-0.2, -0.15) is 15.4 Å². The average molecular weight is 476 g/mol. The summed E-state index contributed by atoms with van der Waals surface area (Å²) in [5.74, 6) is -0.176. The fourth-order valence-electron chi connectivity index (χ4n) is 4.65. The van der Waals surface area contributed by atoms with E-state index in [1.807, 2.05) is 6.20 Å². The van der Waals surface area contributed by atoms with Gasteiger partial charge in [-0.05, 0) is 29.7 Å². The third-order valence-corrected chi connectivity index (χ3v) is 6.39. The number of nitrogens with one attached hydrogen (secondary N) is 1. The molecule has 0 aliphatic carbocycles. The quantitative estimate of drug-likeness (QED) is 0.732. The van der Waals surface area contributed by atoms with Crippen LogP contribution in [0.3, 0.4) is 0 Å². The van der Waals surface area contributed by atoms with E-state index in [-0.39, 0.29) is 30.0 Å². The highest BCUT2D eigenvalue weighted by atomic mass is 19.4. The molecule has 0 saturated carbocycles. The molecular formula is C22H23F3N6O3. The molecule has 2 aromatic rings. The molecule has 1 aromatic carbocycles. The van der Waals surface area contributed by atoms with Crippen molar-refractivity contribution >= 4 is 11.9 Å². The molecule has 9 nitrogen and oxygen atoms in total. The van der Waals surface area contributed by atoms with E-state index in [4.69, 9.17) is 0 Å². The van der Waals surface area contributed by atoms with Gasteiger partial charge in [0.1, 0.15) is 11.4 Å². The van der Waals surface area contributed by atoms with Crippen LogP contribution >= 0.6 is 0 Å². The molecule has 4 heterocycles. The minimum Gasteiger partial charge on any atom is -0.406 e. The Hall–Kier alpha value is -3.57. The van der Waals surface area contributed by atoms with Crippen molar-refractivity contribution in [3.8, 4) is 5.75 Å². The number of aromatic nitrogens is 3. The maximum absolute atomic E-state index is 12.9. The SMILES string of the molecule is O=C(CCc1ccc(OC(F)(F)F)cc1)N1CC2=CN(C(=O)N3CCc4n[nH]nc4C3)C[C@H]2C1. The molecule has 0 unspecified atom stereocenters. The highest BCUT2D eigenvalue weighted by Gasteiger charge is 2.38. The van der Waals surface area contributed by atoms with E-state index in [9.17, 15) is 22.8 Å². The topological polar surface area (TPSA) is 94.7 Å². The van der Waals surface area contributed by atoms with E-state index in [2.05, 4.69) is 20.1 Å². The lowest BCUT2D eigenvalue weighted by molar-refractivity contribution is -0.274. The number of likely N-dealkylation sites (tertiary alicyclic amines) is 1. The molecule has 0 bridgehead atoms. The van der Waals surface area contributed by atoms with Crippen molar-refractivity contribution in [3.63, 3.8) is 0 Å². The number of carbonyl (C=O) groups excluding carboxylic acids is 2. The fraction of sp³-hybridized carbons (Fsp3) is 0.455. The first-order chi connectivity index (χ1) is 16.2. The van der Waals surface area contributed by atoms with Crippen LogP contribution in [0.4, 0.5) is 18.0 Å². The number of hydrogen-bond donors (Lipinski definition) is 1. The van der Waals surface area contributed by atoms with Gasteiger partial charge in [0.05, 0.1) is 12.2 Å². The molecule has 0 radical (unpaired) electrons. The van der Waals surface area contributed by atoms with Crippen molar-refractivity contribution in [3.05, 3.63) is 53.0 Å². The monoisotopic (exact) mass is 476 g/mol. The Kier molecular flexibility index (Phi) is 5.66. The van der Waals surface area contributed by atoms with Crippen LogP contribution in [0.2, 0.25) is 0 Å². The van der Waals surface area contributed by atoms with E-state index in [0.29, 0.717) is 45.6 Å². The Labute approximate surface area is 193 Å². The first-order valence-corrected chi connectivity index (χ1v) is 11.0. The first kappa shape index (κ1) is 22.2. The summed E-state index contributed by atoms with van der Waals surface area (Å²) >= 11 is 0. The summed E-state index contributed by atoms with van der Waals surface area (Å²) in [7, 11) is 0. The minimum absolute atomic E-state index is 0.0154. The fourth-order valence-corrected chi connectivity index (χ4v) is 4.65. The molecule has 5 rings (SSSR count). The molecule has 3 amide bonds. The number of benzene rings is 1. The lowest BCUT2D eigenvalue weighted by Gasteiger charge is -2.29. The lowest BCUT2D eigenvalue weighted by Crippen LogP contribution is -2.43. The molecule has 34 heavy (non-hydrogen) atoms. The molecule has 3 aliphatic rings. The number of H-pyrrole nitrogens is 1. The van der Waals surface area contributed by atoms with E-state index in [1.165, 1.54) is 24.3 Å². The van der Waals surface area contributed by atoms with Crippen LogP contribution in [0.5, 0.6) is 5.75 Å². The van der Waals surface area contributed by atoms with Gasteiger partial charge in [0, 0.05) is 51.1 Å². The van der Waals surface area contributed by atoms with Gasteiger partial charge in [-0.25, -0.2) is 4.79 Å². The summed E-state index contributed by atoms with van der Waals surface area (Å²) < 4.78 is 40.7. The van der Waals surface area contributed by atoms with Crippen molar-refractivity contribution in [2.75, 3.05) is 26.2 Å². The highest BCUT2D eigenvalue weighted by Crippen LogP contribution is 2.31. The summed E-state index contributed by atoms with van der Waals surface area (Å²) in [4.78, 5) is 30.9. The molecular weight excluding hydrogens is 453 g/mol. The average Bonchev–Trinajstić information content (AvgIpc) is 3.51. The number of aryl methyl sites for hydroxylation is 1. The predicted molar refractivity (Wildman–Crippen MR) is 112 cm³/mol.